The van der Waals surface area contributed by atoms with Crippen LogP contribution >= 0.6 is 0 Å². The number of ether oxygens (including phenoxy) is 4. The first-order chi connectivity index (χ1) is 24.3. The number of hydrogen-bond donors (Lipinski definition) is 2. The predicted molar refractivity (Wildman–Crippen MR) is 190 cm³/mol. The molecule has 7 rings (SSSR count). The van der Waals surface area contributed by atoms with Crippen molar-refractivity contribution in [2.24, 2.45) is 5.41 Å². The Bertz CT molecular complexity index is 1920. The SMILES string of the molecule is COc1nc(-c2cc(O)cc3cccc(F)c23)c(F)c2nc(OCC3(C)CCCN(C4C[C@@H](C)O[C@@H](C)C4)C3)nc(N3CCOC[C@@](C)(O)C3)c12. The van der Waals surface area contributed by atoms with Gasteiger partial charge in [-0.25, -0.2) is 13.8 Å². The maximum absolute atomic E-state index is 17.0. The average molecular weight is 708 g/mol. The molecule has 5 heterocycles. The molecule has 2 unspecified atom stereocenters. The number of aromatic hydroxyl groups is 1. The summed E-state index contributed by atoms with van der Waals surface area (Å²) >= 11 is 0. The number of rotatable bonds is 7. The van der Waals surface area contributed by atoms with Crippen LogP contribution in [0.1, 0.15) is 53.4 Å². The van der Waals surface area contributed by atoms with Crippen LogP contribution in [0.2, 0.25) is 0 Å². The van der Waals surface area contributed by atoms with Crippen LogP contribution < -0.4 is 14.4 Å². The number of piperidine rings is 1. The summed E-state index contributed by atoms with van der Waals surface area (Å²) in [5.74, 6) is -1.37. The van der Waals surface area contributed by atoms with E-state index < -0.39 is 17.2 Å². The molecule has 4 aromatic rings. The van der Waals surface area contributed by atoms with Crippen molar-refractivity contribution in [3.8, 4) is 28.9 Å². The van der Waals surface area contributed by atoms with E-state index in [4.69, 9.17) is 23.9 Å². The van der Waals surface area contributed by atoms with Gasteiger partial charge in [-0.3, -0.25) is 4.90 Å². The minimum atomic E-state index is -1.23. The molecule has 3 aliphatic rings. The van der Waals surface area contributed by atoms with Gasteiger partial charge in [-0.2, -0.15) is 9.97 Å². The summed E-state index contributed by atoms with van der Waals surface area (Å²) in [6.45, 7) is 11.1. The summed E-state index contributed by atoms with van der Waals surface area (Å²) in [4.78, 5) is 18.3. The molecule has 3 saturated heterocycles. The van der Waals surface area contributed by atoms with Crippen molar-refractivity contribution in [1.29, 1.82) is 0 Å². The molecule has 51 heavy (non-hydrogen) atoms. The highest BCUT2D eigenvalue weighted by Gasteiger charge is 2.38. The molecule has 0 radical (unpaired) electrons. The normalized spacial score (nSPS) is 27.8. The maximum Gasteiger partial charge on any atom is 0.319 e. The van der Waals surface area contributed by atoms with Gasteiger partial charge in [0.1, 0.15) is 39.6 Å². The van der Waals surface area contributed by atoms with E-state index in [0.29, 0.717) is 31.2 Å². The number of benzene rings is 2. The van der Waals surface area contributed by atoms with Crippen LogP contribution in [-0.4, -0.2) is 107 Å². The fraction of sp³-hybridized carbons (Fsp3) is 0.553. The summed E-state index contributed by atoms with van der Waals surface area (Å²) in [5, 5.41) is 22.3. The number of fused-ring (bicyclic) bond motifs is 2. The number of nitrogens with zero attached hydrogens (tertiary/aromatic N) is 5. The first kappa shape index (κ1) is 35.5. The first-order valence-corrected chi connectivity index (χ1v) is 17.8. The van der Waals surface area contributed by atoms with E-state index in [2.05, 4.69) is 35.6 Å². The standard InChI is InChI=1S/C38H47F2N5O6/c1-22-14-25(15-23(2)51-22)44-11-7-10-37(3,18-44)20-50-36-42-33-30(34(43-36)45-12-13-49-21-38(4,47)19-45)35(48-5)41-32(31(33)40)27-17-26(46)16-24-8-6-9-28(39)29(24)27/h6,8-9,16-17,22-23,25,46-47H,7,10-15,18-21H2,1-5H3/t22-,23+,25?,37?,38-/m0/s1. The van der Waals surface area contributed by atoms with Crippen LogP contribution in [0, 0.1) is 17.0 Å². The second kappa shape index (κ2) is 13.9. The van der Waals surface area contributed by atoms with Gasteiger partial charge in [0.2, 0.25) is 5.88 Å². The van der Waals surface area contributed by atoms with E-state index >= 15 is 8.78 Å². The smallest absolute Gasteiger partial charge is 0.319 e. The Labute approximate surface area is 296 Å². The minimum absolute atomic E-state index is 0.00427. The van der Waals surface area contributed by atoms with Crippen LogP contribution in [-0.2, 0) is 9.47 Å². The van der Waals surface area contributed by atoms with Crippen molar-refractivity contribution < 1.29 is 37.9 Å². The van der Waals surface area contributed by atoms with Crippen molar-refractivity contribution >= 4 is 27.5 Å². The Kier molecular flexibility index (Phi) is 9.68. The van der Waals surface area contributed by atoms with Crippen molar-refractivity contribution in [3.05, 3.63) is 42.0 Å². The van der Waals surface area contributed by atoms with Gasteiger partial charge in [-0.05, 0) is 76.6 Å². The zero-order valence-corrected chi connectivity index (χ0v) is 29.9. The van der Waals surface area contributed by atoms with E-state index in [9.17, 15) is 10.2 Å². The maximum atomic E-state index is 17.0. The number of aromatic nitrogens is 3. The fourth-order valence-corrected chi connectivity index (χ4v) is 8.15. The third-order valence-corrected chi connectivity index (χ3v) is 10.4. The summed E-state index contributed by atoms with van der Waals surface area (Å²) in [5.41, 5.74) is -1.80. The van der Waals surface area contributed by atoms with Gasteiger partial charge < -0.3 is 34.1 Å². The molecule has 0 aliphatic carbocycles. The second-order valence-corrected chi connectivity index (χ2v) is 15.2. The van der Waals surface area contributed by atoms with Gasteiger partial charge in [0, 0.05) is 35.5 Å². The number of hydrogen-bond acceptors (Lipinski definition) is 11. The Hall–Kier alpha value is -3.91. The topological polar surface area (TPSA) is 123 Å². The predicted octanol–water partition coefficient (Wildman–Crippen LogP) is 5.86. The summed E-state index contributed by atoms with van der Waals surface area (Å²) < 4.78 is 56.2. The molecule has 13 heteroatoms. The molecule has 2 N–H and O–H groups in total. The van der Waals surface area contributed by atoms with E-state index in [1.54, 1.807) is 17.9 Å². The number of anilines is 1. The van der Waals surface area contributed by atoms with Gasteiger partial charge in [0.15, 0.2) is 5.82 Å². The first-order valence-electron chi connectivity index (χ1n) is 17.8. The van der Waals surface area contributed by atoms with Gasteiger partial charge in [0.25, 0.3) is 0 Å². The van der Waals surface area contributed by atoms with E-state index in [1.807, 2.05) is 0 Å². The molecule has 0 amide bonds. The van der Waals surface area contributed by atoms with Gasteiger partial charge >= 0.3 is 6.01 Å². The molecular weight excluding hydrogens is 660 g/mol. The lowest BCUT2D eigenvalue weighted by molar-refractivity contribution is -0.0795. The van der Waals surface area contributed by atoms with Crippen LogP contribution in [0.15, 0.2) is 30.3 Å². The molecule has 11 nitrogen and oxygen atoms in total. The molecule has 0 bridgehead atoms. The fourth-order valence-electron chi connectivity index (χ4n) is 8.15. The van der Waals surface area contributed by atoms with Crippen molar-refractivity contribution in [2.75, 3.05) is 58.0 Å². The Morgan fingerprint density at radius 3 is 2.57 bits per heavy atom. The number of phenolic OH excluding ortho intramolecular Hbond substituents is 1. The quantitative estimate of drug-likeness (QED) is 0.240. The minimum Gasteiger partial charge on any atom is -0.508 e. The van der Waals surface area contributed by atoms with E-state index in [1.165, 1.54) is 31.4 Å². The Balaban J connectivity index is 1.32. The van der Waals surface area contributed by atoms with Crippen LogP contribution in [0.5, 0.6) is 17.6 Å². The molecule has 0 saturated carbocycles. The van der Waals surface area contributed by atoms with Crippen LogP contribution in [0.3, 0.4) is 0 Å². The molecular formula is C38H47F2N5O6. The molecule has 274 valence electrons. The highest BCUT2D eigenvalue weighted by molar-refractivity contribution is 6.02. The summed E-state index contributed by atoms with van der Waals surface area (Å²) in [7, 11) is 1.40. The van der Waals surface area contributed by atoms with E-state index in [0.717, 1.165) is 38.8 Å². The largest absolute Gasteiger partial charge is 0.508 e. The molecule has 3 aliphatic heterocycles. The second-order valence-electron chi connectivity index (χ2n) is 15.2. The lowest BCUT2D eigenvalue weighted by atomic mass is 9.81. The van der Waals surface area contributed by atoms with Crippen molar-refractivity contribution in [2.45, 2.75) is 77.2 Å². The van der Waals surface area contributed by atoms with Gasteiger partial charge in [0.05, 0.1) is 45.7 Å². The Morgan fingerprint density at radius 1 is 1.02 bits per heavy atom. The zero-order valence-electron chi connectivity index (χ0n) is 29.9. The van der Waals surface area contributed by atoms with Crippen LogP contribution in [0.4, 0.5) is 14.6 Å². The van der Waals surface area contributed by atoms with E-state index in [-0.39, 0.29) is 81.8 Å². The van der Waals surface area contributed by atoms with Crippen molar-refractivity contribution in [1.82, 2.24) is 19.9 Å². The molecule has 2 aromatic heterocycles. The van der Waals surface area contributed by atoms with Gasteiger partial charge in [-0.1, -0.05) is 19.1 Å². The highest BCUT2D eigenvalue weighted by Crippen LogP contribution is 2.42. The number of β-amino-alcohol motifs (C(OH)–C–C–N with tert-alkyl or cyclic N) is 1. The summed E-state index contributed by atoms with van der Waals surface area (Å²) in [6, 6.07) is 7.50. The number of pyridine rings is 1. The van der Waals surface area contributed by atoms with Crippen LogP contribution in [0.25, 0.3) is 32.9 Å². The van der Waals surface area contributed by atoms with Crippen molar-refractivity contribution in [3.63, 3.8) is 0 Å². The van der Waals surface area contributed by atoms with Gasteiger partial charge in [-0.15, -0.1) is 0 Å². The third-order valence-electron chi connectivity index (χ3n) is 10.4. The molecule has 2 aromatic carbocycles. The number of aliphatic hydroxyl groups is 1. The average Bonchev–Trinajstić information content (AvgIpc) is 3.26. The molecule has 0 spiro atoms. The Morgan fingerprint density at radius 2 is 1.80 bits per heavy atom. The zero-order chi connectivity index (χ0) is 36.1. The molecule has 3 fully saturated rings. The number of likely N-dealkylation sites (tertiary alicyclic amines) is 1. The number of halogens is 2. The molecule has 5 atom stereocenters. The summed E-state index contributed by atoms with van der Waals surface area (Å²) in [6.07, 6.45) is 4.34. The number of phenols is 1. The lowest BCUT2D eigenvalue weighted by Crippen LogP contribution is -2.52. The monoisotopic (exact) mass is 707 g/mol. The number of methoxy groups -OCH3 is 1. The third kappa shape index (κ3) is 7.26. The lowest BCUT2D eigenvalue weighted by Gasteiger charge is -2.46. The highest BCUT2D eigenvalue weighted by atomic mass is 19.1.